The molecule has 0 radical (unpaired) electrons. The summed E-state index contributed by atoms with van der Waals surface area (Å²) in [5.74, 6) is -2.72. The molecule has 5 aromatic rings. The Labute approximate surface area is 363 Å². The molecule has 2 aliphatic rings. The maximum absolute atomic E-state index is 13.9. The Balaban J connectivity index is 0.948. The first-order valence-corrected chi connectivity index (χ1v) is 20.0. The van der Waals surface area contributed by atoms with Gasteiger partial charge in [-0.1, -0.05) is 54.6 Å². The summed E-state index contributed by atoms with van der Waals surface area (Å²) in [5, 5.41) is 48.4. The standard InChI is InChI=1S/C40H46N8O16/c1-4-56-38-41-29-13-8-12-28(33(29)46(38)19-23-15-17-24(18-16-23)26-10-5-6-11-27(26)36-42-44-45-43-36)37(50)62-40(2,3)63-39(51)61-31-22-58-34-30(21-57-35(31)34)60-32(49)14-7-9-25(64-48(54)55)20-59-47(52)53/h5-6,8,10-13,15-18,25,30-31,34-35,52-55H,4,7,9,14,19-22H2,1-3H3,(H,42,43,44,45)/t25-,30-,31-,34?,35-/m1/s1. The molecule has 64 heavy (non-hydrogen) atoms. The van der Waals surface area contributed by atoms with Gasteiger partial charge in [-0.3, -0.25) is 30.2 Å². The number of aromatic amines is 1. The summed E-state index contributed by atoms with van der Waals surface area (Å²) in [7, 11) is 0. The van der Waals surface area contributed by atoms with E-state index in [2.05, 4.69) is 35.3 Å². The van der Waals surface area contributed by atoms with Gasteiger partial charge in [-0.2, -0.15) is 4.98 Å². The number of ether oxygens (including phenoxy) is 7. The third kappa shape index (κ3) is 11.3. The Bertz CT molecular complexity index is 2360. The summed E-state index contributed by atoms with van der Waals surface area (Å²) in [4.78, 5) is 53.3. The van der Waals surface area contributed by atoms with E-state index in [0.29, 0.717) is 23.5 Å². The van der Waals surface area contributed by atoms with Crippen molar-refractivity contribution in [2.24, 2.45) is 0 Å². The third-order valence-corrected chi connectivity index (χ3v) is 10.0. The molecular weight excluding hydrogens is 848 g/mol. The Morgan fingerprint density at radius 3 is 2.30 bits per heavy atom. The number of para-hydroxylation sites is 1. The van der Waals surface area contributed by atoms with E-state index >= 15 is 0 Å². The average Bonchev–Trinajstić information content (AvgIpc) is 4.07. The van der Waals surface area contributed by atoms with Crippen molar-refractivity contribution >= 4 is 29.1 Å². The number of carbonyl (C=O) groups excluding carboxylic acids is 3. The molecule has 0 bridgehead atoms. The largest absolute Gasteiger partial charge is 0.512 e. The zero-order valence-electron chi connectivity index (χ0n) is 34.7. The number of imidazole rings is 1. The van der Waals surface area contributed by atoms with E-state index in [-0.39, 0.29) is 50.6 Å². The second-order valence-electron chi connectivity index (χ2n) is 14.9. The number of H-pyrrole nitrogens is 1. The Morgan fingerprint density at radius 2 is 1.62 bits per heavy atom. The molecule has 0 saturated carbocycles. The van der Waals surface area contributed by atoms with Crippen LogP contribution in [0.5, 0.6) is 6.01 Å². The molecule has 0 amide bonds. The predicted molar refractivity (Wildman–Crippen MR) is 211 cm³/mol. The molecule has 2 fully saturated rings. The van der Waals surface area contributed by atoms with Crippen LogP contribution in [0.25, 0.3) is 33.5 Å². The SMILES string of the molecule is CCOc1nc2cccc(C(=O)OC(C)(C)OC(=O)O[C@@H]3COC4[C@H](OC(=O)CCC[C@H](CON(O)O)ON(O)O)CO[C@@H]43)c2n1Cc1ccc(-c2ccccc2-c2nnn[nH]2)cc1. The van der Waals surface area contributed by atoms with E-state index in [1.54, 1.807) is 22.8 Å². The lowest BCUT2D eigenvalue weighted by Gasteiger charge is -2.26. The first-order valence-electron chi connectivity index (χ1n) is 20.0. The van der Waals surface area contributed by atoms with Crippen LogP contribution in [0.4, 0.5) is 4.79 Å². The zero-order valence-corrected chi connectivity index (χ0v) is 34.7. The summed E-state index contributed by atoms with van der Waals surface area (Å²) in [6.45, 7) is 4.53. The molecule has 5 N–H and O–H groups in total. The van der Waals surface area contributed by atoms with Crippen LogP contribution in [0, 0.1) is 0 Å². The minimum Gasteiger partial charge on any atom is -0.465 e. The smallest absolute Gasteiger partial charge is 0.465 e. The van der Waals surface area contributed by atoms with Gasteiger partial charge in [0.1, 0.15) is 24.9 Å². The summed E-state index contributed by atoms with van der Waals surface area (Å²) in [6, 6.07) is 20.9. The molecule has 3 aromatic carbocycles. The van der Waals surface area contributed by atoms with Crippen molar-refractivity contribution in [3.8, 4) is 28.5 Å². The van der Waals surface area contributed by atoms with Gasteiger partial charge in [0.25, 0.3) is 11.8 Å². The number of nitrogens with one attached hydrogen (secondary N) is 1. The molecule has 2 saturated heterocycles. The fourth-order valence-electron chi connectivity index (χ4n) is 7.33. The van der Waals surface area contributed by atoms with Crippen molar-refractivity contribution in [3.63, 3.8) is 0 Å². The van der Waals surface area contributed by atoms with E-state index < -0.39 is 71.8 Å². The fourth-order valence-corrected chi connectivity index (χ4v) is 7.33. The van der Waals surface area contributed by atoms with Crippen LogP contribution >= 0.6 is 0 Å². The van der Waals surface area contributed by atoms with Gasteiger partial charge in [-0.25, -0.2) is 24.4 Å². The van der Waals surface area contributed by atoms with Gasteiger partial charge in [0.15, 0.2) is 18.0 Å². The molecule has 0 spiro atoms. The van der Waals surface area contributed by atoms with Crippen LogP contribution in [0.15, 0.2) is 66.7 Å². The lowest BCUT2D eigenvalue weighted by Crippen LogP contribution is -2.39. The molecule has 2 aliphatic heterocycles. The highest BCUT2D eigenvalue weighted by Crippen LogP contribution is 2.34. The highest BCUT2D eigenvalue weighted by Gasteiger charge is 2.51. The van der Waals surface area contributed by atoms with Crippen LogP contribution in [0.3, 0.4) is 0 Å². The monoisotopic (exact) mass is 894 g/mol. The molecule has 5 atom stereocenters. The van der Waals surface area contributed by atoms with Crippen LogP contribution in [-0.2, 0) is 49.4 Å². The molecule has 2 aromatic heterocycles. The average molecular weight is 895 g/mol. The third-order valence-electron chi connectivity index (χ3n) is 10.0. The van der Waals surface area contributed by atoms with E-state index in [1.807, 2.05) is 55.5 Å². The highest BCUT2D eigenvalue weighted by molar-refractivity contribution is 6.02. The normalized spacial score (nSPS) is 18.9. The molecule has 1 unspecified atom stereocenters. The number of aromatic nitrogens is 6. The minimum absolute atomic E-state index is 0.0288. The molecule has 4 heterocycles. The number of rotatable bonds is 20. The number of nitrogens with zero attached hydrogens (tertiary/aromatic N) is 7. The van der Waals surface area contributed by atoms with Gasteiger partial charge >= 0.3 is 18.1 Å². The maximum atomic E-state index is 13.9. The summed E-state index contributed by atoms with van der Waals surface area (Å²) in [5.41, 5.74) is 4.64. The first kappa shape index (κ1) is 45.8. The van der Waals surface area contributed by atoms with Crippen molar-refractivity contribution in [1.82, 2.24) is 41.0 Å². The number of hydrogen-bond acceptors (Lipinski definition) is 22. The number of carbonyl (C=O) groups is 3. The van der Waals surface area contributed by atoms with Crippen LogP contribution in [0.2, 0.25) is 0 Å². The molecular formula is C40H46N8O16. The number of hydrogen-bond donors (Lipinski definition) is 5. The maximum Gasteiger partial charge on any atom is 0.512 e. The lowest BCUT2D eigenvalue weighted by molar-refractivity contribution is -0.527. The summed E-state index contributed by atoms with van der Waals surface area (Å²) >= 11 is 0. The number of esters is 2. The van der Waals surface area contributed by atoms with E-state index in [0.717, 1.165) is 22.3 Å². The Kier molecular flexibility index (Phi) is 14.7. The highest BCUT2D eigenvalue weighted by atomic mass is 17.1. The summed E-state index contributed by atoms with van der Waals surface area (Å²) in [6.07, 6.45) is -5.56. The molecule has 24 nitrogen and oxygen atoms in total. The topological polar surface area (TPSA) is 294 Å². The quantitative estimate of drug-likeness (QED) is 0.0319. The Morgan fingerprint density at radius 1 is 0.906 bits per heavy atom. The van der Waals surface area contributed by atoms with Crippen molar-refractivity contribution in [2.45, 2.75) is 82.9 Å². The second-order valence-corrected chi connectivity index (χ2v) is 14.9. The van der Waals surface area contributed by atoms with Gasteiger partial charge in [0, 0.05) is 25.8 Å². The van der Waals surface area contributed by atoms with E-state index in [9.17, 15) is 14.4 Å². The van der Waals surface area contributed by atoms with Crippen molar-refractivity contribution in [2.75, 3.05) is 26.4 Å². The van der Waals surface area contributed by atoms with Gasteiger partial charge in [0.05, 0.1) is 53.7 Å². The second kappa shape index (κ2) is 20.5. The van der Waals surface area contributed by atoms with Crippen LogP contribution in [-0.4, -0.2) is 143 Å². The zero-order chi connectivity index (χ0) is 45.4. The van der Waals surface area contributed by atoms with E-state index in [1.165, 1.54) is 13.8 Å². The number of benzene rings is 3. The van der Waals surface area contributed by atoms with Gasteiger partial charge in [0.2, 0.25) is 0 Å². The lowest BCUT2D eigenvalue weighted by atomic mass is 9.98. The summed E-state index contributed by atoms with van der Waals surface area (Å²) < 4.78 is 41.5. The predicted octanol–water partition coefficient (Wildman–Crippen LogP) is 4.02. The van der Waals surface area contributed by atoms with Crippen molar-refractivity contribution < 1.29 is 78.0 Å². The first-order chi connectivity index (χ1) is 30.8. The fraction of sp³-hybridized carbons (Fsp3) is 0.425. The molecule has 7 rings (SSSR count). The van der Waals surface area contributed by atoms with Crippen LogP contribution in [0.1, 0.15) is 56.0 Å². The number of tetrazole rings is 1. The Hall–Kier alpha value is -6.19. The van der Waals surface area contributed by atoms with E-state index in [4.69, 9.17) is 54.0 Å². The van der Waals surface area contributed by atoms with Gasteiger partial charge in [-0.05, 0) is 59.0 Å². The van der Waals surface area contributed by atoms with Crippen molar-refractivity contribution in [1.29, 1.82) is 0 Å². The number of fused-ring (bicyclic) bond motifs is 2. The molecule has 342 valence electrons. The van der Waals surface area contributed by atoms with Crippen molar-refractivity contribution in [3.05, 3.63) is 77.9 Å². The van der Waals surface area contributed by atoms with Gasteiger partial charge in [-0.15, -0.1) is 5.10 Å². The van der Waals surface area contributed by atoms with Gasteiger partial charge < -0.3 is 33.2 Å². The molecule has 24 heteroatoms. The molecule has 0 aliphatic carbocycles. The van der Waals surface area contributed by atoms with Crippen LogP contribution < -0.4 is 4.74 Å². The minimum atomic E-state index is -1.82.